The van der Waals surface area contributed by atoms with Crippen LogP contribution in [0, 0.1) is 0 Å². The highest BCUT2D eigenvalue weighted by molar-refractivity contribution is 5.68. The van der Waals surface area contributed by atoms with Crippen LogP contribution in [0.4, 0.5) is 4.79 Å². The molecule has 0 aliphatic carbocycles. The summed E-state index contributed by atoms with van der Waals surface area (Å²) in [6.07, 6.45) is 0.855. The lowest BCUT2D eigenvalue weighted by Gasteiger charge is -2.32. The second-order valence-corrected chi connectivity index (χ2v) is 4.77. The molecule has 0 spiro atoms. The number of carbonyl (C=O) groups is 1. The highest BCUT2D eigenvalue weighted by Crippen LogP contribution is 2.16. The van der Waals surface area contributed by atoms with Gasteiger partial charge in [-0.25, -0.2) is 9.68 Å². The van der Waals surface area contributed by atoms with E-state index in [1.54, 1.807) is 4.90 Å². The van der Waals surface area contributed by atoms with Crippen molar-refractivity contribution in [1.82, 2.24) is 4.90 Å². The zero-order valence-corrected chi connectivity index (χ0v) is 9.52. The maximum absolute atomic E-state index is 11.6. The molecule has 1 aliphatic rings. The van der Waals surface area contributed by atoms with Crippen molar-refractivity contribution in [2.75, 3.05) is 13.1 Å². The van der Waals surface area contributed by atoms with Crippen molar-refractivity contribution in [2.24, 2.45) is 0 Å². The fraction of sp³-hybridized carbons (Fsp3) is 0.900. The number of hydrogen-bond acceptors (Lipinski definition) is 4. The fourth-order valence-corrected chi connectivity index (χ4v) is 1.47. The summed E-state index contributed by atoms with van der Waals surface area (Å²) >= 11 is 0. The van der Waals surface area contributed by atoms with Gasteiger partial charge in [0.25, 0.3) is 0 Å². The smallest absolute Gasteiger partial charge is 0.410 e. The summed E-state index contributed by atoms with van der Waals surface area (Å²) in [7, 11) is 0. The lowest BCUT2D eigenvalue weighted by Crippen LogP contribution is -2.43. The number of ether oxygens (including phenoxy) is 1. The van der Waals surface area contributed by atoms with Gasteiger partial charge >= 0.3 is 6.09 Å². The molecular weight excluding hydrogens is 198 g/mol. The summed E-state index contributed by atoms with van der Waals surface area (Å²) in [4.78, 5) is 17.5. The van der Waals surface area contributed by atoms with E-state index in [1.165, 1.54) is 0 Å². The number of rotatable bonds is 1. The van der Waals surface area contributed by atoms with E-state index >= 15 is 0 Å². The number of hydrogen-bond donors (Lipinski definition) is 1. The maximum atomic E-state index is 11.6. The molecule has 1 heterocycles. The van der Waals surface area contributed by atoms with Crippen LogP contribution in [-0.2, 0) is 9.62 Å². The van der Waals surface area contributed by atoms with Crippen LogP contribution >= 0.6 is 0 Å². The third-order valence-corrected chi connectivity index (χ3v) is 2.24. The zero-order valence-electron chi connectivity index (χ0n) is 9.52. The average molecular weight is 217 g/mol. The number of piperidine rings is 1. The highest BCUT2D eigenvalue weighted by Gasteiger charge is 2.27. The third-order valence-electron chi connectivity index (χ3n) is 2.24. The van der Waals surface area contributed by atoms with Crippen molar-refractivity contribution >= 4 is 6.09 Å². The van der Waals surface area contributed by atoms with Crippen molar-refractivity contribution in [2.45, 2.75) is 45.3 Å². The predicted octanol–water partition coefficient (Wildman–Crippen LogP) is 1.88. The Hall–Kier alpha value is -0.810. The van der Waals surface area contributed by atoms with Crippen LogP contribution in [0.1, 0.15) is 33.6 Å². The maximum Gasteiger partial charge on any atom is 0.410 e. The molecule has 0 radical (unpaired) electrons. The molecule has 15 heavy (non-hydrogen) atoms. The molecule has 88 valence electrons. The van der Waals surface area contributed by atoms with E-state index in [0.29, 0.717) is 25.9 Å². The number of likely N-dealkylation sites (tertiary alicyclic amines) is 1. The quantitative estimate of drug-likeness (QED) is 0.538. The molecule has 1 amide bonds. The minimum absolute atomic E-state index is 0.149. The Bertz CT molecular complexity index is 216. The van der Waals surface area contributed by atoms with Crippen LogP contribution in [0.2, 0.25) is 0 Å². The van der Waals surface area contributed by atoms with Gasteiger partial charge in [-0.05, 0) is 33.6 Å². The van der Waals surface area contributed by atoms with Crippen molar-refractivity contribution in [1.29, 1.82) is 0 Å². The van der Waals surface area contributed by atoms with Crippen LogP contribution in [0.5, 0.6) is 0 Å². The van der Waals surface area contributed by atoms with Crippen LogP contribution in [0.25, 0.3) is 0 Å². The van der Waals surface area contributed by atoms with Gasteiger partial charge in [-0.2, -0.15) is 0 Å². The minimum Gasteiger partial charge on any atom is -0.444 e. The SMILES string of the molecule is CC(C)(C)OC(=O)N1CCC(OO)CC1. The lowest BCUT2D eigenvalue weighted by atomic mass is 10.1. The Balaban J connectivity index is 2.37. The van der Waals surface area contributed by atoms with Gasteiger partial charge in [0.2, 0.25) is 0 Å². The van der Waals surface area contributed by atoms with Gasteiger partial charge in [-0.3, -0.25) is 5.26 Å². The first-order valence-electron chi connectivity index (χ1n) is 5.20. The van der Waals surface area contributed by atoms with Gasteiger partial charge < -0.3 is 9.64 Å². The Labute approximate surface area is 89.9 Å². The predicted molar refractivity (Wildman–Crippen MR) is 54.5 cm³/mol. The van der Waals surface area contributed by atoms with Gasteiger partial charge in [-0.15, -0.1) is 0 Å². The molecule has 0 bridgehead atoms. The van der Waals surface area contributed by atoms with Gasteiger partial charge in [0.1, 0.15) is 5.60 Å². The Morgan fingerprint density at radius 3 is 2.27 bits per heavy atom. The Morgan fingerprint density at radius 2 is 1.87 bits per heavy atom. The molecule has 0 aromatic heterocycles. The molecular formula is C10H19NO4. The first-order chi connectivity index (χ1) is 6.92. The Kier molecular flexibility index (Phi) is 3.93. The number of nitrogens with zero attached hydrogens (tertiary/aromatic N) is 1. The number of carbonyl (C=O) groups excluding carboxylic acids is 1. The normalized spacial score (nSPS) is 19.1. The topological polar surface area (TPSA) is 59.0 Å². The molecule has 1 N–H and O–H groups in total. The Morgan fingerprint density at radius 1 is 1.33 bits per heavy atom. The highest BCUT2D eigenvalue weighted by atomic mass is 17.1. The monoisotopic (exact) mass is 217 g/mol. The molecule has 0 saturated carbocycles. The van der Waals surface area contributed by atoms with E-state index in [1.807, 2.05) is 20.8 Å². The van der Waals surface area contributed by atoms with Crippen LogP contribution in [0.15, 0.2) is 0 Å². The molecule has 5 nitrogen and oxygen atoms in total. The first-order valence-corrected chi connectivity index (χ1v) is 5.20. The summed E-state index contributed by atoms with van der Waals surface area (Å²) in [5, 5.41) is 8.47. The fourth-order valence-electron chi connectivity index (χ4n) is 1.47. The van der Waals surface area contributed by atoms with E-state index in [0.717, 1.165) is 0 Å². The standard InChI is InChI=1S/C10H19NO4/c1-10(2,3)14-9(12)11-6-4-8(15-13)5-7-11/h8,13H,4-7H2,1-3H3. The van der Waals surface area contributed by atoms with Crippen LogP contribution < -0.4 is 0 Å². The number of amides is 1. The largest absolute Gasteiger partial charge is 0.444 e. The molecule has 1 aliphatic heterocycles. The second kappa shape index (κ2) is 4.81. The van der Waals surface area contributed by atoms with Crippen LogP contribution in [0.3, 0.4) is 0 Å². The van der Waals surface area contributed by atoms with Gasteiger partial charge in [0.05, 0.1) is 6.10 Å². The van der Waals surface area contributed by atoms with E-state index in [4.69, 9.17) is 9.99 Å². The molecule has 0 aromatic carbocycles. The summed E-state index contributed by atoms with van der Waals surface area (Å²) in [5.74, 6) is 0. The zero-order chi connectivity index (χ0) is 11.5. The summed E-state index contributed by atoms with van der Waals surface area (Å²) in [6, 6.07) is 0. The van der Waals surface area contributed by atoms with Gasteiger partial charge in [-0.1, -0.05) is 0 Å². The summed E-state index contributed by atoms with van der Waals surface area (Å²) < 4.78 is 5.23. The molecule has 1 rings (SSSR count). The average Bonchev–Trinajstić information content (AvgIpc) is 2.15. The first kappa shape index (κ1) is 12.3. The molecule has 0 aromatic rings. The van der Waals surface area contributed by atoms with Crippen molar-refractivity contribution in [3.05, 3.63) is 0 Å². The van der Waals surface area contributed by atoms with E-state index in [2.05, 4.69) is 4.89 Å². The summed E-state index contributed by atoms with van der Waals surface area (Å²) in [5.41, 5.74) is -0.457. The summed E-state index contributed by atoms with van der Waals surface area (Å²) in [6.45, 7) is 6.66. The molecule has 5 heteroatoms. The molecule has 0 unspecified atom stereocenters. The van der Waals surface area contributed by atoms with E-state index in [-0.39, 0.29) is 12.2 Å². The minimum atomic E-state index is -0.457. The molecule has 1 saturated heterocycles. The lowest BCUT2D eigenvalue weighted by molar-refractivity contribution is -0.284. The third kappa shape index (κ3) is 4.05. The molecule has 0 atom stereocenters. The van der Waals surface area contributed by atoms with Crippen molar-refractivity contribution < 1.29 is 19.7 Å². The van der Waals surface area contributed by atoms with Gasteiger partial charge in [0, 0.05) is 13.1 Å². The van der Waals surface area contributed by atoms with Crippen molar-refractivity contribution in [3.8, 4) is 0 Å². The van der Waals surface area contributed by atoms with Crippen molar-refractivity contribution in [3.63, 3.8) is 0 Å². The van der Waals surface area contributed by atoms with Gasteiger partial charge in [0.15, 0.2) is 0 Å². The van der Waals surface area contributed by atoms with E-state index < -0.39 is 5.60 Å². The second-order valence-electron chi connectivity index (χ2n) is 4.77. The molecule has 1 fully saturated rings. The van der Waals surface area contributed by atoms with E-state index in [9.17, 15) is 4.79 Å². The van der Waals surface area contributed by atoms with Crippen LogP contribution in [-0.4, -0.2) is 41.0 Å².